The number of benzene rings is 2. The largest absolute Gasteiger partial charge is 0.324 e. The van der Waals surface area contributed by atoms with Crippen LogP contribution in [0.25, 0.3) is 15.9 Å². The van der Waals surface area contributed by atoms with Gasteiger partial charge in [-0.05, 0) is 83.7 Å². The van der Waals surface area contributed by atoms with Crippen molar-refractivity contribution < 1.29 is 4.79 Å². The molecule has 2 aromatic heterocycles. The third kappa shape index (κ3) is 5.25. The van der Waals surface area contributed by atoms with Crippen LogP contribution in [0, 0.1) is 13.8 Å². The van der Waals surface area contributed by atoms with E-state index in [1.54, 1.807) is 40.2 Å². The lowest BCUT2D eigenvalue weighted by molar-refractivity contribution is -0.113. The summed E-state index contributed by atoms with van der Waals surface area (Å²) in [4.78, 5) is 33.1. The van der Waals surface area contributed by atoms with Gasteiger partial charge in [0.2, 0.25) is 5.91 Å². The summed E-state index contributed by atoms with van der Waals surface area (Å²) in [5, 5.41) is 4.62. The van der Waals surface area contributed by atoms with E-state index in [9.17, 15) is 9.59 Å². The first kappa shape index (κ1) is 25.0. The van der Waals surface area contributed by atoms with Crippen molar-refractivity contribution in [3.05, 3.63) is 78.3 Å². The highest BCUT2D eigenvalue weighted by molar-refractivity contribution is 9.10. The Morgan fingerprint density at radius 3 is 2.62 bits per heavy atom. The van der Waals surface area contributed by atoms with Crippen molar-refractivity contribution in [2.24, 2.45) is 0 Å². The third-order valence-corrected chi connectivity index (χ3v) is 8.42. The van der Waals surface area contributed by atoms with Crippen molar-refractivity contribution in [2.45, 2.75) is 38.8 Å². The van der Waals surface area contributed by atoms with Crippen LogP contribution in [0.15, 0.2) is 56.9 Å². The highest BCUT2D eigenvalue weighted by atomic mass is 79.9. The maximum atomic E-state index is 13.7. The van der Waals surface area contributed by atoms with Gasteiger partial charge in [0.15, 0.2) is 5.16 Å². The zero-order chi connectivity index (χ0) is 24.4. The summed E-state index contributed by atoms with van der Waals surface area (Å²) in [5.41, 5.74) is 3.31. The van der Waals surface area contributed by atoms with Gasteiger partial charge >= 0.3 is 0 Å². The Morgan fingerprint density at radius 2 is 1.94 bits per heavy atom. The first-order valence-corrected chi connectivity index (χ1v) is 13.8. The van der Waals surface area contributed by atoms with Crippen molar-refractivity contribution in [1.29, 1.82) is 0 Å². The van der Waals surface area contributed by atoms with Gasteiger partial charge in [0.1, 0.15) is 4.83 Å². The molecule has 4 rings (SSSR count). The number of amides is 1. The van der Waals surface area contributed by atoms with Crippen molar-refractivity contribution in [1.82, 2.24) is 9.55 Å². The van der Waals surface area contributed by atoms with E-state index in [0.717, 1.165) is 28.4 Å². The predicted octanol–water partition coefficient (Wildman–Crippen LogP) is 7.16. The van der Waals surface area contributed by atoms with E-state index in [0.29, 0.717) is 31.8 Å². The first-order valence-electron chi connectivity index (χ1n) is 10.8. The summed E-state index contributed by atoms with van der Waals surface area (Å²) in [7, 11) is 0. The Morgan fingerprint density at radius 1 is 1.21 bits per heavy atom. The number of hydrogen-bond donors (Lipinski definition) is 1. The number of hydrogen-bond acceptors (Lipinski definition) is 5. The molecule has 0 aliphatic rings. The van der Waals surface area contributed by atoms with Crippen LogP contribution in [-0.4, -0.2) is 21.2 Å². The fourth-order valence-electron chi connectivity index (χ4n) is 3.63. The molecule has 2 aromatic carbocycles. The third-order valence-electron chi connectivity index (χ3n) is 5.33. The molecule has 0 spiro atoms. The summed E-state index contributed by atoms with van der Waals surface area (Å²) < 4.78 is 2.40. The number of halogens is 2. The molecule has 34 heavy (non-hydrogen) atoms. The van der Waals surface area contributed by atoms with Gasteiger partial charge in [0.25, 0.3) is 5.56 Å². The Bertz CT molecular complexity index is 1430. The van der Waals surface area contributed by atoms with E-state index < -0.39 is 0 Å². The van der Waals surface area contributed by atoms with E-state index in [-0.39, 0.29) is 17.2 Å². The van der Waals surface area contributed by atoms with Gasteiger partial charge in [-0.3, -0.25) is 14.2 Å². The molecule has 176 valence electrons. The van der Waals surface area contributed by atoms with E-state index >= 15 is 0 Å². The number of aromatic nitrogens is 2. The van der Waals surface area contributed by atoms with Crippen LogP contribution >= 0.6 is 50.6 Å². The number of anilines is 1. The number of thioether (sulfide) groups is 1. The minimum absolute atomic E-state index is 0.109. The number of thiophene rings is 1. The van der Waals surface area contributed by atoms with Crippen LogP contribution in [0.4, 0.5) is 5.69 Å². The minimum Gasteiger partial charge on any atom is -0.324 e. The normalized spacial score (nSPS) is 11.2. The molecule has 0 atom stereocenters. The van der Waals surface area contributed by atoms with Crippen LogP contribution in [0.5, 0.6) is 0 Å². The molecule has 5 nitrogen and oxygen atoms in total. The Balaban J connectivity index is 1.71. The summed E-state index contributed by atoms with van der Waals surface area (Å²) in [5.74, 6) is -0.0709. The number of rotatable bonds is 7. The standard InChI is InChI=1S/C25H23BrClN3O2S2/c1-4-5-20-15(3)22-23(34-20)29-25(30(24(22)32)17-9-7-16(27)8-10-17)33-13-21(31)28-19-11-6-14(2)12-18(19)26/h6-12H,4-5,13H2,1-3H3,(H,28,31). The van der Waals surface area contributed by atoms with Gasteiger partial charge in [0.05, 0.1) is 22.5 Å². The number of carbonyl (C=O) groups is 1. The zero-order valence-electron chi connectivity index (χ0n) is 18.9. The van der Waals surface area contributed by atoms with Crippen molar-refractivity contribution in [2.75, 3.05) is 11.1 Å². The van der Waals surface area contributed by atoms with Gasteiger partial charge in [-0.15, -0.1) is 11.3 Å². The second-order valence-electron chi connectivity index (χ2n) is 7.91. The Hall–Kier alpha value is -2.13. The Kier molecular flexibility index (Phi) is 7.82. The van der Waals surface area contributed by atoms with Crippen molar-refractivity contribution in [3.8, 4) is 5.69 Å². The second-order valence-corrected chi connectivity index (χ2v) is 11.2. The molecule has 0 fully saturated rings. The molecule has 0 bridgehead atoms. The van der Waals surface area contributed by atoms with E-state index in [2.05, 4.69) is 28.2 Å². The van der Waals surface area contributed by atoms with Crippen LogP contribution in [0.1, 0.15) is 29.3 Å². The molecule has 0 radical (unpaired) electrons. The summed E-state index contributed by atoms with van der Waals surface area (Å²) >= 11 is 12.4. The fraction of sp³-hybridized carbons (Fsp3) is 0.240. The van der Waals surface area contributed by atoms with Crippen LogP contribution in [0.3, 0.4) is 0 Å². The van der Waals surface area contributed by atoms with Gasteiger partial charge in [-0.25, -0.2) is 4.98 Å². The Labute approximate surface area is 219 Å². The summed E-state index contributed by atoms with van der Waals surface area (Å²) in [6.07, 6.45) is 1.90. The lowest BCUT2D eigenvalue weighted by atomic mass is 10.1. The van der Waals surface area contributed by atoms with Gasteiger partial charge in [0, 0.05) is 14.4 Å². The molecule has 0 aliphatic heterocycles. The van der Waals surface area contributed by atoms with Gasteiger partial charge < -0.3 is 5.32 Å². The number of fused-ring (bicyclic) bond motifs is 1. The highest BCUT2D eigenvalue weighted by Crippen LogP contribution is 2.31. The number of nitrogens with zero attached hydrogens (tertiary/aromatic N) is 2. The van der Waals surface area contributed by atoms with Crippen molar-refractivity contribution in [3.63, 3.8) is 0 Å². The maximum Gasteiger partial charge on any atom is 0.267 e. The lowest BCUT2D eigenvalue weighted by Crippen LogP contribution is -2.23. The molecular weight excluding hydrogens is 554 g/mol. The molecule has 1 N–H and O–H groups in total. The second kappa shape index (κ2) is 10.6. The molecule has 0 unspecified atom stereocenters. The fourth-order valence-corrected chi connectivity index (χ4v) is 6.48. The number of nitrogens with one attached hydrogen (secondary N) is 1. The van der Waals surface area contributed by atoms with E-state index in [4.69, 9.17) is 16.6 Å². The zero-order valence-corrected chi connectivity index (χ0v) is 22.9. The molecule has 0 saturated carbocycles. The molecule has 4 aromatic rings. The molecule has 0 aliphatic carbocycles. The molecule has 9 heteroatoms. The average molecular weight is 577 g/mol. The van der Waals surface area contributed by atoms with Crippen LogP contribution in [-0.2, 0) is 11.2 Å². The first-order chi connectivity index (χ1) is 16.3. The average Bonchev–Trinajstić information content (AvgIpc) is 3.11. The van der Waals surface area contributed by atoms with E-state index in [1.807, 2.05) is 32.0 Å². The molecule has 1 amide bonds. The molecule has 2 heterocycles. The minimum atomic E-state index is -0.180. The molecular formula is C25H23BrClN3O2S2. The highest BCUT2D eigenvalue weighted by Gasteiger charge is 2.20. The molecule has 0 saturated heterocycles. The summed E-state index contributed by atoms with van der Waals surface area (Å²) in [6, 6.07) is 12.8. The van der Waals surface area contributed by atoms with Crippen molar-refractivity contribution >= 4 is 72.4 Å². The quantitative estimate of drug-likeness (QED) is 0.187. The van der Waals surface area contributed by atoms with Crippen LogP contribution < -0.4 is 10.9 Å². The summed E-state index contributed by atoms with van der Waals surface area (Å²) in [6.45, 7) is 6.09. The van der Waals surface area contributed by atoms with E-state index in [1.165, 1.54) is 16.6 Å². The van der Waals surface area contributed by atoms with Gasteiger partial charge in [-0.2, -0.15) is 0 Å². The van der Waals surface area contributed by atoms with Gasteiger partial charge in [-0.1, -0.05) is 42.8 Å². The topological polar surface area (TPSA) is 64.0 Å². The SMILES string of the molecule is CCCc1sc2nc(SCC(=O)Nc3ccc(C)cc3Br)n(-c3ccc(Cl)cc3)c(=O)c2c1C. The predicted molar refractivity (Wildman–Crippen MR) is 147 cm³/mol. The maximum absolute atomic E-state index is 13.7. The number of aryl methyl sites for hydroxylation is 3. The van der Waals surface area contributed by atoms with Crippen LogP contribution in [0.2, 0.25) is 5.02 Å². The lowest BCUT2D eigenvalue weighted by Gasteiger charge is -2.13. The monoisotopic (exact) mass is 575 g/mol. The number of carbonyl (C=O) groups excluding carboxylic acids is 1. The smallest absolute Gasteiger partial charge is 0.267 e.